The van der Waals surface area contributed by atoms with Gasteiger partial charge in [0.25, 0.3) is 0 Å². The SMILES string of the molecule is COc1ccc2ncc(C#N)c(Nc3cc(OC)c(OC)c(OC)c3)c2c1.Cl. The van der Waals surface area contributed by atoms with Gasteiger partial charge in [-0.05, 0) is 18.2 Å². The van der Waals surface area contributed by atoms with E-state index in [0.29, 0.717) is 39.9 Å². The van der Waals surface area contributed by atoms with Crippen LogP contribution in [0.3, 0.4) is 0 Å². The molecule has 8 heteroatoms. The highest BCUT2D eigenvalue weighted by Gasteiger charge is 2.16. The number of fused-ring (bicyclic) bond motifs is 1. The number of nitrogens with one attached hydrogen (secondary N) is 1. The zero-order chi connectivity index (χ0) is 19.4. The molecule has 28 heavy (non-hydrogen) atoms. The summed E-state index contributed by atoms with van der Waals surface area (Å²) in [4.78, 5) is 4.34. The highest BCUT2D eigenvalue weighted by molar-refractivity contribution is 5.96. The Kier molecular flexibility index (Phi) is 6.74. The molecule has 0 spiro atoms. The van der Waals surface area contributed by atoms with Gasteiger partial charge in [-0.15, -0.1) is 12.4 Å². The first-order valence-corrected chi connectivity index (χ1v) is 8.09. The van der Waals surface area contributed by atoms with Crippen molar-refractivity contribution in [1.82, 2.24) is 4.98 Å². The van der Waals surface area contributed by atoms with Crippen molar-refractivity contribution in [2.75, 3.05) is 33.8 Å². The zero-order valence-corrected chi connectivity index (χ0v) is 16.7. The second-order valence-corrected chi connectivity index (χ2v) is 5.58. The predicted octanol–water partition coefficient (Wildman–Crippen LogP) is 4.31. The van der Waals surface area contributed by atoms with Crippen molar-refractivity contribution in [3.8, 4) is 29.1 Å². The lowest BCUT2D eigenvalue weighted by molar-refractivity contribution is 0.324. The number of nitrogens with zero attached hydrogens (tertiary/aromatic N) is 2. The first-order chi connectivity index (χ1) is 13.1. The average Bonchev–Trinajstić information content (AvgIpc) is 2.72. The van der Waals surface area contributed by atoms with Gasteiger partial charge in [-0.25, -0.2) is 0 Å². The summed E-state index contributed by atoms with van der Waals surface area (Å²) in [6.45, 7) is 0. The van der Waals surface area contributed by atoms with Crippen LogP contribution < -0.4 is 24.3 Å². The van der Waals surface area contributed by atoms with Gasteiger partial charge in [0.05, 0.1) is 45.2 Å². The molecule has 2 aromatic carbocycles. The van der Waals surface area contributed by atoms with Gasteiger partial charge in [-0.3, -0.25) is 4.98 Å². The number of hydrogen-bond acceptors (Lipinski definition) is 7. The van der Waals surface area contributed by atoms with Crippen LogP contribution in [-0.4, -0.2) is 33.4 Å². The molecule has 1 aromatic heterocycles. The number of methoxy groups -OCH3 is 4. The van der Waals surface area contributed by atoms with Gasteiger partial charge in [-0.2, -0.15) is 5.26 Å². The molecule has 0 saturated heterocycles. The molecule has 7 nitrogen and oxygen atoms in total. The topological polar surface area (TPSA) is 85.6 Å². The lowest BCUT2D eigenvalue weighted by atomic mass is 10.1. The zero-order valence-electron chi connectivity index (χ0n) is 15.9. The van der Waals surface area contributed by atoms with Crippen molar-refractivity contribution in [3.05, 3.63) is 42.1 Å². The Labute approximate surface area is 169 Å². The van der Waals surface area contributed by atoms with Crippen LogP contribution in [0.5, 0.6) is 23.0 Å². The molecule has 1 N–H and O–H groups in total. The van der Waals surface area contributed by atoms with Crippen molar-refractivity contribution in [1.29, 1.82) is 5.26 Å². The molecular formula is C20H20ClN3O4. The summed E-state index contributed by atoms with van der Waals surface area (Å²) in [6.07, 6.45) is 1.54. The number of pyridine rings is 1. The van der Waals surface area contributed by atoms with Gasteiger partial charge in [0.2, 0.25) is 5.75 Å². The number of benzene rings is 2. The number of hydrogen-bond donors (Lipinski definition) is 1. The second kappa shape index (κ2) is 9.02. The van der Waals surface area contributed by atoms with Gasteiger partial charge in [0.15, 0.2) is 11.5 Å². The number of nitriles is 1. The second-order valence-electron chi connectivity index (χ2n) is 5.58. The third-order valence-electron chi connectivity index (χ3n) is 4.13. The Balaban J connectivity index is 0.00000280. The van der Waals surface area contributed by atoms with Crippen molar-refractivity contribution in [2.24, 2.45) is 0 Å². The molecule has 0 aliphatic heterocycles. The summed E-state index contributed by atoms with van der Waals surface area (Å²) in [7, 11) is 6.24. The van der Waals surface area contributed by atoms with Crippen LogP contribution >= 0.6 is 12.4 Å². The third kappa shape index (κ3) is 3.82. The summed E-state index contributed by atoms with van der Waals surface area (Å²) in [5.41, 5.74) is 2.45. The van der Waals surface area contributed by atoms with Crippen molar-refractivity contribution >= 4 is 34.7 Å². The summed E-state index contributed by atoms with van der Waals surface area (Å²) in [6, 6.07) is 11.2. The van der Waals surface area contributed by atoms with Gasteiger partial charge < -0.3 is 24.3 Å². The summed E-state index contributed by atoms with van der Waals surface area (Å²) >= 11 is 0. The largest absolute Gasteiger partial charge is 0.497 e. The molecule has 0 saturated carbocycles. The molecule has 0 aliphatic carbocycles. The normalized spacial score (nSPS) is 9.82. The smallest absolute Gasteiger partial charge is 0.203 e. The molecule has 0 bridgehead atoms. The van der Waals surface area contributed by atoms with E-state index in [9.17, 15) is 5.26 Å². The fourth-order valence-electron chi connectivity index (χ4n) is 2.82. The fraction of sp³-hybridized carbons (Fsp3) is 0.200. The van der Waals surface area contributed by atoms with E-state index in [1.54, 1.807) is 40.6 Å². The minimum atomic E-state index is 0. The standard InChI is InChI=1S/C20H19N3O4.ClH/c1-24-14-5-6-16-15(9-14)19(12(10-21)11-22-16)23-13-7-17(25-2)20(27-4)18(8-13)26-3;/h5-9,11H,1-4H3,(H,22,23);1H. The molecule has 0 radical (unpaired) electrons. The summed E-state index contributed by atoms with van der Waals surface area (Å²) in [5.74, 6) is 2.18. The number of ether oxygens (including phenoxy) is 4. The Morgan fingerprint density at radius 3 is 2.14 bits per heavy atom. The van der Waals surface area contributed by atoms with Crippen LogP contribution in [0.2, 0.25) is 0 Å². The molecule has 0 unspecified atom stereocenters. The molecule has 3 aromatic rings. The molecule has 0 aliphatic rings. The van der Waals surface area contributed by atoms with Crippen LogP contribution in [0.15, 0.2) is 36.5 Å². The van der Waals surface area contributed by atoms with E-state index < -0.39 is 0 Å². The number of anilines is 2. The average molecular weight is 402 g/mol. The van der Waals surface area contributed by atoms with Crippen molar-refractivity contribution in [2.45, 2.75) is 0 Å². The van der Waals surface area contributed by atoms with E-state index in [0.717, 1.165) is 10.9 Å². The van der Waals surface area contributed by atoms with E-state index in [-0.39, 0.29) is 12.4 Å². The Bertz CT molecular complexity index is 1010. The molecule has 0 atom stereocenters. The summed E-state index contributed by atoms with van der Waals surface area (Å²) in [5, 5.41) is 13.6. The van der Waals surface area contributed by atoms with Gasteiger partial charge in [0.1, 0.15) is 11.8 Å². The highest BCUT2D eigenvalue weighted by atomic mass is 35.5. The predicted molar refractivity (Wildman–Crippen MR) is 110 cm³/mol. The lowest BCUT2D eigenvalue weighted by Gasteiger charge is -2.16. The maximum atomic E-state index is 9.54. The number of aromatic nitrogens is 1. The monoisotopic (exact) mass is 401 g/mol. The first kappa shape index (κ1) is 20.9. The van der Waals surface area contributed by atoms with Crippen LogP contribution in [0.25, 0.3) is 10.9 Å². The fourth-order valence-corrected chi connectivity index (χ4v) is 2.82. The van der Waals surface area contributed by atoms with E-state index in [1.807, 2.05) is 18.2 Å². The number of halogens is 1. The third-order valence-corrected chi connectivity index (χ3v) is 4.13. The molecule has 0 fully saturated rings. The van der Waals surface area contributed by atoms with Crippen molar-refractivity contribution < 1.29 is 18.9 Å². The van der Waals surface area contributed by atoms with E-state index in [1.165, 1.54) is 6.20 Å². The quantitative estimate of drug-likeness (QED) is 0.658. The maximum absolute atomic E-state index is 9.54. The Morgan fingerprint density at radius 1 is 0.929 bits per heavy atom. The van der Waals surface area contributed by atoms with E-state index in [4.69, 9.17) is 18.9 Å². The van der Waals surface area contributed by atoms with Crippen molar-refractivity contribution in [3.63, 3.8) is 0 Å². The Hall–Kier alpha value is -3.37. The Morgan fingerprint density at radius 2 is 1.61 bits per heavy atom. The highest BCUT2D eigenvalue weighted by Crippen LogP contribution is 2.41. The molecule has 1 heterocycles. The molecule has 3 rings (SSSR count). The van der Waals surface area contributed by atoms with Crippen LogP contribution in [0.4, 0.5) is 11.4 Å². The van der Waals surface area contributed by atoms with Gasteiger partial charge >= 0.3 is 0 Å². The van der Waals surface area contributed by atoms with Crippen LogP contribution in [0, 0.1) is 11.3 Å². The van der Waals surface area contributed by atoms with Gasteiger partial charge in [-0.1, -0.05) is 0 Å². The minimum absolute atomic E-state index is 0. The minimum Gasteiger partial charge on any atom is -0.497 e. The van der Waals surface area contributed by atoms with Gasteiger partial charge in [0, 0.05) is 29.4 Å². The lowest BCUT2D eigenvalue weighted by Crippen LogP contribution is -2.00. The molecule has 0 amide bonds. The van der Waals surface area contributed by atoms with Crippen LogP contribution in [0.1, 0.15) is 5.56 Å². The molecule has 146 valence electrons. The van der Waals surface area contributed by atoms with E-state index in [2.05, 4.69) is 16.4 Å². The maximum Gasteiger partial charge on any atom is 0.203 e. The van der Waals surface area contributed by atoms with Crippen LogP contribution in [-0.2, 0) is 0 Å². The summed E-state index contributed by atoms with van der Waals surface area (Å²) < 4.78 is 21.5. The molecular weight excluding hydrogens is 382 g/mol. The van der Waals surface area contributed by atoms with E-state index >= 15 is 0 Å². The first-order valence-electron chi connectivity index (χ1n) is 8.09. The number of rotatable bonds is 6.